The highest BCUT2D eigenvalue weighted by Crippen LogP contribution is 2.50. The quantitative estimate of drug-likeness (QED) is 0.407. The van der Waals surface area contributed by atoms with Crippen molar-refractivity contribution >= 4 is 22.6 Å². The van der Waals surface area contributed by atoms with Crippen LogP contribution in [0.1, 0.15) is 22.9 Å². The molecule has 196 valence electrons. The monoisotopic (exact) mass is 514 g/mol. The number of urea groups is 1. The van der Waals surface area contributed by atoms with Crippen molar-refractivity contribution in [1.82, 2.24) is 14.4 Å². The van der Waals surface area contributed by atoms with E-state index in [-0.39, 0.29) is 24.1 Å². The van der Waals surface area contributed by atoms with Crippen LogP contribution in [-0.4, -0.2) is 58.9 Å². The van der Waals surface area contributed by atoms with Gasteiger partial charge < -0.3 is 24.6 Å². The summed E-state index contributed by atoms with van der Waals surface area (Å²) in [7, 11) is 3.70. The highest BCUT2D eigenvalue weighted by atomic mass is 19.1. The molecule has 38 heavy (non-hydrogen) atoms. The van der Waals surface area contributed by atoms with Crippen LogP contribution in [0.15, 0.2) is 72.8 Å². The number of aromatic nitrogens is 1. The Morgan fingerprint density at radius 2 is 1.87 bits per heavy atom. The molecule has 2 amide bonds. The molecule has 1 spiro atoms. The standard InChI is InChI=1S/C30H31FN4O3/c1-33-25-14-23(38-2)11-12-24(25)27-28(33)26(16-36)34(15-20-7-4-3-5-8-20)17-30(27)18-35(19-30)29(37)32-22-10-6-9-21(31)13-22/h3-14,26,36H,15-19H2,1-2H3,(H,32,37)/t26-/m0/s1. The van der Waals surface area contributed by atoms with Crippen LogP contribution < -0.4 is 10.1 Å². The van der Waals surface area contributed by atoms with Crippen LogP contribution >= 0.6 is 0 Å². The van der Waals surface area contributed by atoms with Gasteiger partial charge in [0.15, 0.2) is 0 Å². The molecule has 1 saturated heterocycles. The van der Waals surface area contributed by atoms with Crippen molar-refractivity contribution < 1.29 is 19.0 Å². The van der Waals surface area contributed by atoms with Gasteiger partial charge in [0, 0.05) is 61.5 Å². The van der Waals surface area contributed by atoms with Crippen LogP contribution in [0.4, 0.5) is 14.9 Å². The van der Waals surface area contributed by atoms with Crippen molar-refractivity contribution in [3.05, 3.63) is 95.4 Å². The zero-order chi connectivity index (χ0) is 26.4. The summed E-state index contributed by atoms with van der Waals surface area (Å²) in [6.07, 6.45) is 0. The summed E-state index contributed by atoms with van der Waals surface area (Å²) in [5, 5.41) is 14.6. The van der Waals surface area contributed by atoms with Crippen LogP contribution in [0.2, 0.25) is 0 Å². The lowest BCUT2D eigenvalue weighted by Crippen LogP contribution is -2.68. The van der Waals surface area contributed by atoms with E-state index in [1.165, 1.54) is 23.3 Å². The highest BCUT2D eigenvalue weighted by molar-refractivity contribution is 5.92. The molecule has 0 bridgehead atoms. The summed E-state index contributed by atoms with van der Waals surface area (Å²) in [4.78, 5) is 17.2. The van der Waals surface area contributed by atoms with Gasteiger partial charge in [-0.05, 0) is 41.5 Å². The molecule has 7 nitrogen and oxygen atoms in total. The number of halogens is 1. The summed E-state index contributed by atoms with van der Waals surface area (Å²) in [6, 6.07) is 21.8. The molecule has 2 N–H and O–H groups in total. The van der Waals surface area contributed by atoms with Crippen molar-refractivity contribution in [3.8, 4) is 5.75 Å². The van der Waals surface area contributed by atoms with Gasteiger partial charge in [-0.15, -0.1) is 0 Å². The van der Waals surface area contributed by atoms with E-state index in [0.717, 1.165) is 22.3 Å². The maximum Gasteiger partial charge on any atom is 0.321 e. The molecule has 2 aliphatic rings. The average Bonchev–Trinajstić information content (AvgIpc) is 3.19. The van der Waals surface area contributed by atoms with Gasteiger partial charge in [-0.25, -0.2) is 9.18 Å². The number of likely N-dealkylation sites (tertiary alicyclic amines) is 1. The first kappa shape index (κ1) is 24.5. The third-order valence-corrected chi connectivity index (χ3v) is 8.00. The number of aryl methyl sites for hydroxylation is 1. The number of fused-ring (bicyclic) bond motifs is 4. The zero-order valence-electron chi connectivity index (χ0n) is 21.5. The summed E-state index contributed by atoms with van der Waals surface area (Å²) in [5.74, 6) is 0.383. The van der Waals surface area contributed by atoms with E-state index in [1.54, 1.807) is 24.1 Å². The SMILES string of the molecule is COc1ccc2c3c(n(C)c2c1)[C@H](CO)N(Cc1ccccc1)CC31CN(C(=O)Nc2cccc(F)c2)C1. The number of aliphatic hydroxyl groups is 1. The lowest BCUT2D eigenvalue weighted by Gasteiger charge is -2.56. The van der Waals surface area contributed by atoms with Gasteiger partial charge in [0.25, 0.3) is 0 Å². The van der Waals surface area contributed by atoms with Gasteiger partial charge >= 0.3 is 6.03 Å². The number of benzene rings is 3. The maximum absolute atomic E-state index is 13.7. The Bertz CT molecular complexity index is 1500. The predicted octanol–water partition coefficient (Wildman–Crippen LogP) is 4.66. The number of amides is 2. The number of methoxy groups -OCH3 is 1. The zero-order valence-corrected chi connectivity index (χ0v) is 21.5. The molecule has 3 heterocycles. The second-order valence-electron chi connectivity index (χ2n) is 10.4. The minimum Gasteiger partial charge on any atom is -0.497 e. The number of anilines is 1. The van der Waals surface area contributed by atoms with Crippen molar-refractivity contribution in [2.75, 3.05) is 38.7 Å². The lowest BCUT2D eigenvalue weighted by atomic mass is 9.68. The summed E-state index contributed by atoms with van der Waals surface area (Å²) >= 11 is 0. The number of nitrogens with one attached hydrogen (secondary N) is 1. The Labute approximate surface area is 221 Å². The van der Waals surface area contributed by atoms with E-state index in [4.69, 9.17) is 4.74 Å². The number of ether oxygens (including phenoxy) is 1. The predicted molar refractivity (Wildman–Crippen MR) is 145 cm³/mol. The molecule has 1 atom stereocenters. The van der Waals surface area contributed by atoms with Crippen molar-refractivity contribution in [3.63, 3.8) is 0 Å². The van der Waals surface area contributed by atoms with Crippen LogP contribution in [0.5, 0.6) is 5.75 Å². The first-order valence-corrected chi connectivity index (χ1v) is 12.8. The third kappa shape index (κ3) is 4.01. The molecule has 1 aromatic heterocycles. The number of hydrogen-bond acceptors (Lipinski definition) is 4. The Kier molecular flexibility index (Phi) is 6.08. The first-order valence-electron chi connectivity index (χ1n) is 12.8. The third-order valence-electron chi connectivity index (χ3n) is 8.00. The van der Waals surface area contributed by atoms with Crippen molar-refractivity contribution in [2.45, 2.75) is 18.0 Å². The number of rotatable bonds is 5. The summed E-state index contributed by atoms with van der Waals surface area (Å²) in [5.41, 5.74) is 4.60. The van der Waals surface area contributed by atoms with Crippen LogP contribution in [-0.2, 0) is 19.0 Å². The van der Waals surface area contributed by atoms with Gasteiger partial charge in [0.05, 0.1) is 25.3 Å². The molecule has 1 fully saturated rings. The Balaban J connectivity index is 1.39. The molecule has 0 unspecified atom stereocenters. The normalized spacial score (nSPS) is 18.3. The second-order valence-corrected chi connectivity index (χ2v) is 10.4. The van der Waals surface area contributed by atoms with Crippen molar-refractivity contribution in [2.24, 2.45) is 7.05 Å². The average molecular weight is 515 g/mol. The molecule has 0 saturated carbocycles. The molecule has 8 heteroatoms. The molecule has 3 aromatic carbocycles. The molecule has 0 aliphatic carbocycles. The summed E-state index contributed by atoms with van der Waals surface area (Å²) in [6.45, 7) is 2.43. The fraction of sp³-hybridized carbons (Fsp3) is 0.300. The number of hydrogen-bond donors (Lipinski definition) is 2. The smallest absolute Gasteiger partial charge is 0.321 e. The van der Waals surface area contributed by atoms with E-state index in [1.807, 2.05) is 37.4 Å². The minimum atomic E-state index is -0.391. The van der Waals surface area contributed by atoms with Crippen LogP contribution in [0.25, 0.3) is 10.9 Å². The first-order chi connectivity index (χ1) is 18.4. The Morgan fingerprint density at radius 1 is 1.08 bits per heavy atom. The molecular weight excluding hydrogens is 483 g/mol. The fourth-order valence-corrected chi connectivity index (χ4v) is 6.30. The Morgan fingerprint density at radius 3 is 2.58 bits per heavy atom. The van der Waals surface area contributed by atoms with Gasteiger partial charge in [0.2, 0.25) is 0 Å². The molecule has 4 aromatic rings. The number of aliphatic hydroxyl groups excluding tert-OH is 1. The van der Waals surface area contributed by atoms with Crippen molar-refractivity contribution in [1.29, 1.82) is 0 Å². The Hall–Kier alpha value is -3.88. The van der Waals surface area contributed by atoms with Crippen LogP contribution in [0, 0.1) is 5.82 Å². The van der Waals surface area contributed by atoms with E-state index < -0.39 is 5.82 Å². The second kappa shape index (κ2) is 9.45. The molecule has 0 radical (unpaired) electrons. The van der Waals surface area contributed by atoms with Crippen LogP contribution in [0.3, 0.4) is 0 Å². The largest absolute Gasteiger partial charge is 0.497 e. The van der Waals surface area contributed by atoms with Gasteiger partial charge in [-0.3, -0.25) is 4.90 Å². The summed E-state index contributed by atoms with van der Waals surface area (Å²) < 4.78 is 21.3. The molecule has 6 rings (SSSR count). The highest BCUT2D eigenvalue weighted by Gasteiger charge is 2.54. The minimum absolute atomic E-state index is 0.0129. The topological polar surface area (TPSA) is 70.0 Å². The number of nitrogens with zero attached hydrogens (tertiary/aromatic N) is 3. The van der Waals surface area contributed by atoms with E-state index >= 15 is 0 Å². The molecular formula is C30H31FN4O3. The number of carbonyl (C=O) groups excluding carboxylic acids is 1. The van der Waals surface area contributed by atoms with Gasteiger partial charge in [-0.2, -0.15) is 0 Å². The molecule has 2 aliphatic heterocycles. The lowest BCUT2D eigenvalue weighted by molar-refractivity contribution is 0.0111. The van der Waals surface area contributed by atoms with Gasteiger partial charge in [-0.1, -0.05) is 36.4 Å². The van der Waals surface area contributed by atoms with E-state index in [9.17, 15) is 14.3 Å². The maximum atomic E-state index is 13.7. The fourth-order valence-electron chi connectivity index (χ4n) is 6.30. The number of carbonyl (C=O) groups is 1. The van der Waals surface area contributed by atoms with E-state index in [0.29, 0.717) is 31.9 Å². The van der Waals surface area contributed by atoms with E-state index in [2.05, 4.69) is 33.0 Å². The van der Waals surface area contributed by atoms with Gasteiger partial charge in [0.1, 0.15) is 11.6 Å².